The van der Waals surface area contributed by atoms with Gasteiger partial charge in [-0.05, 0) is 53.3 Å². The molecule has 4 N–H and O–H groups in total. The number of hydrogen-bond donors (Lipinski definition) is 2. The fourth-order valence-electron chi connectivity index (χ4n) is 4.42. The monoisotopic (exact) mass is 562 g/mol. The highest BCUT2D eigenvalue weighted by atomic mass is 32.1. The first-order chi connectivity index (χ1) is 18.9. The first-order valence-electron chi connectivity index (χ1n) is 12.9. The van der Waals surface area contributed by atoms with Crippen LogP contribution in [0.4, 0.5) is 4.39 Å². The van der Waals surface area contributed by atoms with Crippen molar-refractivity contribution < 1.29 is 18.8 Å². The normalized spacial score (nSPS) is 16.6. The molecule has 4 rings (SSSR count). The van der Waals surface area contributed by atoms with Gasteiger partial charge in [0.25, 0.3) is 5.91 Å². The zero-order chi connectivity index (χ0) is 29.4. The molecule has 2 amide bonds. The van der Waals surface area contributed by atoms with Gasteiger partial charge in [-0.3, -0.25) is 19.4 Å². The molecule has 9 heteroatoms. The van der Waals surface area contributed by atoms with Crippen molar-refractivity contribution in [2.24, 2.45) is 21.9 Å². The van der Waals surface area contributed by atoms with Crippen LogP contribution in [0.5, 0.6) is 0 Å². The Balaban J connectivity index is 0.000000336. The average molecular weight is 563 g/mol. The molecule has 0 radical (unpaired) electrons. The van der Waals surface area contributed by atoms with E-state index in [0.717, 1.165) is 17.5 Å². The van der Waals surface area contributed by atoms with Gasteiger partial charge >= 0.3 is 0 Å². The van der Waals surface area contributed by atoms with E-state index in [-0.39, 0.29) is 35.7 Å². The van der Waals surface area contributed by atoms with Gasteiger partial charge in [0, 0.05) is 42.3 Å². The van der Waals surface area contributed by atoms with Crippen molar-refractivity contribution >= 4 is 34.6 Å². The van der Waals surface area contributed by atoms with Crippen LogP contribution in [0.1, 0.15) is 58.9 Å². The number of amides is 2. The van der Waals surface area contributed by atoms with E-state index < -0.39 is 5.41 Å². The van der Waals surface area contributed by atoms with Crippen LogP contribution in [0.15, 0.2) is 82.3 Å². The van der Waals surface area contributed by atoms with Crippen LogP contribution < -0.4 is 11.5 Å². The predicted octanol–water partition coefficient (Wildman–Crippen LogP) is 5.16. The van der Waals surface area contributed by atoms with Gasteiger partial charge in [-0.2, -0.15) is 0 Å². The largest absolute Gasteiger partial charge is 0.396 e. The number of aliphatic imine (C=N–C) groups is 1. The van der Waals surface area contributed by atoms with E-state index in [0.29, 0.717) is 34.8 Å². The van der Waals surface area contributed by atoms with Gasteiger partial charge in [0.2, 0.25) is 5.91 Å². The Kier molecular flexibility index (Phi) is 10.1. The second kappa shape index (κ2) is 13.3. The molecule has 0 bridgehead atoms. The van der Waals surface area contributed by atoms with Crippen LogP contribution in [0.25, 0.3) is 0 Å². The number of allylic oxidation sites excluding steroid dienone is 1. The maximum absolute atomic E-state index is 13.2. The number of hydrogen-bond acceptors (Lipinski definition) is 6. The van der Waals surface area contributed by atoms with Gasteiger partial charge in [0.05, 0.1) is 17.1 Å². The third-order valence-corrected chi connectivity index (χ3v) is 7.40. The number of thiophene rings is 1. The number of rotatable bonds is 6. The minimum atomic E-state index is -0.499. The molecule has 3 aromatic rings. The second-order valence-corrected chi connectivity index (χ2v) is 11.1. The molecule has 0 unspecified atom stereocenters. The number of nitrogens with two attached hydrogens (primary N) is 2. The van der Waals surface area contributed by atoms with E-state index in [1.165, 1.54) is 30.4 Å². The van der Waals surface area contributed by atoms with E-state index in [2.05, 4.69) is 0 Å². The first kappa shape index (κ1) is 30.4. The summed E-state index contributed by atoms with van der Waals surface area (Å²) >= 11 is 1.38. The summed E-state index contributed by atoms with van der Waals surface area (Å²) in [6.45, 7) is 8.45. The number of carbonyl (C=O) groups is 3. The maximum atomic E-state index is 13.2. The molecule has 0 spiro atoms. The summed E-state index contributed by atoms with van der Waals surface area (Å²) in [6.07, 6.45) is 0.932. The van der Waals surface area contributed by atoms with Crippen molar-refractivity contribution in [3.05, 3.63) is 105 Å². The van der Waals surface area contributed by atoms with Crippen molar-refractivity contribution in [2.75, 3.05) is 13.1 Å². The minimum Gasteiger partial charge on any atom is -0.396 e. The van der Waals surface area contributed by atoms with E-state index in [9.17, 15) is 18.8 Å². The number of likely N-dealkylation sites (tertiary alicyclic amines) is 1. The summed E-state index contributed by atoms with van der Waals surface area (Å²) in [6, 6.07) is 17.1. The Morgan fingerprint density at radius 2 is 1.73 bits per heavy atom. The molecule has 2 aromatic carbocycles. The van der Waals surface area contributed by atoms with E-state index in [1.807, 2.05) is 50.4 Å². The van der Waals surface area contributed by atoms with Crippen molar-refractivity contribution in [1.82, 2.24) is 4.90 Å². The summed E-state index contributed by atoms with van der Waals surface area (Å²) in [5, 5.41) is 1.86. The van der Waals surface area contributed by atoms with Crippen LogP contribution in [-0.2, 0) is 17.8 Å². The lowest BCUT2D eigenvalue weighted by atomic mass is 9.78. The third-order valence-electron chi connectivity index (χ3n) is 6.54. The topological polar surface area (TPSA) is 119 Å². The Bertz CT molecular complexity index is 1430. The Hall–Kier alpha value is -4.11. The highest BCUT2D eigenvalue weighted by Crippen LogP contribution is 2.32. The molecule has 1 fully saturated rings. The van der Waals surface area contributed by atoms with Crippen LogP contribution in [0, 0.1) is 11.2 Å². The molecule has 0 atom stereocenters. The SMILES string of the molecule is CC(=O)/C(N)=C1\CN(C(=O)c2cccs2)CC(C)(C)C1=NCc1ccc(F)cc1.CCc1cccc(C(N)=O)c1. The summed E-state index contributed by atoms with van der Waals surface area (Å²) < 4.78 is 13.2. The molecular weight excluding hydrogens is 527 g/mol. The van der Waals surface area contributed by atoms with Gasteiger partial charge in [-0.1, -0.05) is 51.1 Å². The maximum Gasteiger partial charge on any atom is 0.264 e. The van der Waals surface area contributed by atoms with E-state index >= 15 is 0 Å². The summed E-state index contributed by atoms with van der Waals surface area (Å²) in [5.41, 5.74) is 14.7. The van der Waals surface area contributed by atoms with Gasteiger partial charge in [-0.15, -0.1) is 11.3 Å². The fraction of sp³-hybridized carbons (Fsp3) is 0.290. The molecule has 40 heavy (non-hydrogen) atoms. The van der Waals surface area contributed by atoms with E-state index in [4.69, 9.17) is 16.5 Å². The highest BCUT2D eigenvalue weighted by Gasteiger charge is 2.39. The molecule has 2 heterocycles. The molecule has 1 aromatic heterocycles. The number of nitrogens with zero attached hydrogens (tertiary/aromatic N) is 2. The van der Waals surface area contributed by atoms with Crippen molar-refractivity contribution in [2.45, 2.75) is 40.7 Å². The molecule has 210 valence electrons. The Labute approximate surface area is 238 Å². The average Bonchev–Trinajstić information content (AvgIpc) is 3.47. The summed E-state index contributed by atoms with van der Waals surface area (Å²) in [4.78, 5) is 42.8. The number of carbonyl (C=O) groups excluding carboxylic acids is 3. The number of ketones is 1. The number of primary amides is 1. The minimum absolute atomic E-state index is 0.0838. The second-order valence-electron chi connectivity index (χ2n) is 10.2. The molecule has 1 aliphatic rings. The summed E-state index contributed by atoms with van der Waals surface area (Å²) in [5.74, 6) is -1.00. The third kappa shape index (κ3) is 7.72. The van der Waals surface area contributed by atoms with Crippen molar-refractivity contribution in [1.29, 1.82) is 0 Å². The standard InChI is InChI=1S/C22H24FN3O2S.C9H11NO/c1-14(27)19(24)17-12-26(21(28)18-5-4-10-29-18)13-22(2,3)20(17)25-11-15-6-8-16(23)9-7-15;1-2-7-4-3-5-8(6-7)9(10)11/h4-10H,11-13,24H2,1-3H3;3-6H,2H2,1H3,(H2,10,11)/b19-17-,25-20?;. The molecule has 1 saturated heterocycles. The van der Waals surface area contributed by atoms with Gasteiger partial charge < -0.3 is 16.4 Å². The zero-order valence-corrected chi connectivity index (χ0v) is 24.1. The smallest absolute Gasteiger partial charge is 0.264 e. The lowest BCUT2D eigenvalue weighted by molar-refractivity contribution is -0.113. The van der Waals surface area contributed by atoms with Crippen LogP contribution in [0.2, 0.25) is 0 Å². The van der Waals surface area contributed by atoms with Crippen molar-refractivity contribution in [3.63, 3.8) is 0 Å². The van der Waals surface area contributed by atoms with Gasteiger partial charge in [0.15, 0.2) is 5.78 Å². The van der Waals surface area contributed by atoms with Crippen molar-refractivity contribution in [3.8, 4) is 0 Å². The first-order valence-corrected chi connectivity index (χ1v) is 13.8. The number of benzene rings is 2. The Morgan fingerprint density at radius 3 is 2.30 bits per heavy atom. The van der Waals surface area contributed by atoms with Gasteiger partial charge in [0.1, 0.15) is 5.82 Å². The molecule has 0 aliphatic carbocycles. The van der Waals surface area contributed by atoms with Crippen LogP contribution in [-0.4, -0.2) is 41.3 Å². The highest BCUT2D eigenvalue weighted by molar-refractivity contribution is 7.12. The predicted molar refractivity (Wildman–Crippen MR) is 158 cm³/mol. The Morgan fingerprint density at radius 1 is 1.02 bits per heavy atom. The molecule has 1 aliphatic heterocycles. The number of Topliss-reactive ketones (excluding diaryl/α,β-unsaturated/α-hetero) is 1. The molecular formula is C31H35FN4O3S. The zero-order valence-electron chi connectivity index (χ0n) is 23.2. The number of halogens is 1. The van der Waals surface area contributed by atoms with E-state index in [1.54, 1.807) is 29.2 Å². The molecule has 7 nitrogen and oxygen atoms in total. The fourth-order valence-corrected chi connectivity index (χ4v) is 5.11. The lowest BCUT2D eigenvalue weighted by Gasteiger charge is -2.41. The van der Waals surface area contributed by atoms with Crippen LogP contribution >= 0.6 is 11.3 Å². The summed E-state index contributed by atoms with van der Waals surface area (Å²) in [7, 11) is 0. The number of aryl methyl sites for hydroxylation is 1. The molecule has 0 saturated carbocycles. The quantitative estimate of drug-likeness (QED) is 0.403. The number of piperidine rings is 1. The van der Waals surface area contributed by atoms with Gasteiger partial charge in [-0.25, -0.2) is 4.39 Å². The van der Waals surface area contributed by atoms with Crippen LogP contribution in [0.3, 0.4) is 0 Å². The lowest BCUT2D eigenvalue weighted by Crippen LogP contribution is -2.51.